The molecule has 2 radical (unpaired) electrons. The van der Waals surface area contributed by atoms with E-state index in [2.05, 4.69) is 14.9 Å². The predicted octanol–water partition coefficient (Wildman–Crippen LogP) is 3.14. The van der Waals surface area contributed by atoms with E-state index in [1.165, 1.54) is 43.0 Å². The Bertz CT molecular complexity index is 119. The van der Waals surface area contributed by atoms with Gasteiger partial charge in [-0.25, -0.2) is 0 Å². The van der Waals surface area contributed by atoms with Crippen molar-refractivity contribution in [3.05, 3.63) is 0 Å². The summed E-state index contributed by atoms with van der Waals surface area (Å²) in [4.78, 5) is 0. The summed E-state index contributed by atoms with van der Waals surface area (Å²) in [7, 11) is 4.28. The van der Waals surface area contributed by atoms with Crippen LogP contribution in [0.1, 0.15) is 44.9 Å². The van der Waals surface area contributed by atoms with Gasteiger partial charge >= 0.3 is 96.2 Å². The second-order valence-corrected chi connectivity index (χ2v) is 9.35. The summed E-state index contributed by atoms with van der Waals surface area (Å²) in [5, 5.41) is 4.25. The Morgan fingerprint density at radius 3 is 2.15 bits per heavy atom. The summed E-state index contributed by atoms with van der Waals surface area (Å²) in [6, 6.07) is 0. The predicted molar refractivity (Wildman–Crippen MR) is 73.0 cm³/mol. The van der Waals surface area contributed by atoms with Crippen LogP contribution in [0.2, 0.25) is 0 Å². The molecule has 0 spiro atoms. The zero-order valence-corrected chi connectivity index (χ0v) is 11.2. The van der Waals surface area contributed by atoms with Crippen molar-refractivity contribution in [2.45, 2.75) is 44.9 Å². The topological polar surface area (TPSA) is 20.2 Å². The third-order valence-electron chi connectivity index (χ3n) is 1.97. The van der Waals surface area contributed by atoms with Crippen molar-refractivity contribution in [1.29, 1.82) is 1.43 Å². The van der Waals surface area contributed by atoms with Gasteiger partial charge in [0.05, 0.1) is 0 Å². The first-order valence-corrected chi connectivity index (χ1v) is 10.9. The summed E-state index contributed by atoms with van der Waals surface area (Å²) >= 11 is -1.23. The molecule has 0 bridgehead atoms. The first kappa shape index (κ1) is 12.2. The van der Waals surface area contributed by atoms with Gasteiger partial charge in [0.2, 0.25) is 0 Å². The van der Waals surface area contributed by atoms with Crippen LogP contribution >= 0.6 is 28.0 Å². The van der Waals surface area contributed by atoms with Gasteiger partial charge in [0.1, 0.15) is 0 Å². The summed E-state index contributed by atoms with van der Waals surface area (Å²) < 4.78 is 7.68. The number of aliphatic hydroxyl groups is 1. The van der Waals surface area contributed by atoms with Crippen LogP contribution in [0.5, 0.6) is 0 Å². The minimum atomic E-state index is -1.23. The molecule has 0 aromatic carbocycles. The zero-order valence-electron chi connectivity index (χ0n) is 9.17. The third kappa shape index (κ3) is 13.1. The van der Waals surface area contributed by atoms with Gasteiger partial charge in [-0.3, -0.25) is 0 Å². The van der Waals surface area contributed by atoms with E-state index in [0.717, 1.165) is 6.42 Å². The molecule has 4 heteroatoms. The van der Waals surface area contributed by atoms with E-state index in [0.29, 0.717) is 6.61 Å². The van der Waals surface area contributed by atoms with Gasteiger partial charge in [-0.1, -0.05) is 0 Å². The average molecular weight is 316 g/mol. The second kappa shape index (κ2) is 11.2. The Balaban J connectivity index is 2.85. The molecule has 0 aromatic heterocycles. The second-order valence-electron chi connectivity index (χ2n) is 3.24. The molecule has 0 fully saturated rings. The molecule has 0 aliphatic heterocycles. The Labute approximate surface area is 95.9 Å². The molecule has 78 valence electrons. The number of aliphatic hydroxyl groups excluding tert-OH is 1. The summed E-state index contributed by atoms with van der Waals surface area (Å²) in [5.41, 5.74) is 5.68. The Morgan fingerprint density at radius 1 is 1.08 bits per heavy atom. The van der Waals surface area contributed by atoms with Gasteiger partial charge in [0.15, 0.2) is 0 Å². The fraction of sp³-hybridized carbons (Fsp3) is 1.00. The molecule has 0 aliphatic carbocycles. The first-order valence-electron chi connectivity index (χ1n) is 5.35. The van der Waals surface area contributed by atoms with Gasteiger partial charge in [-0.15, -0.1) is 0 Å². The molecule has 0 saturated carbocycles. The van der Waals surface area contributed by atoms with Gasteiger partial charge in [-0.05, 0) is 0 Å². The monoisotopic (exact) mass is 316 g/mol. The molecule has 1 nitrogen and oxygen atoms in total. The summed E-state index contributed by atoms with van der Waals surface area (Å²) in [5.74, 6) is 0. The number of hydrogen-bond donors (Lipinski definition) is 2. The molecule has 0 aromatic rings. The molecule has 0 atom stereocenters. The zero-order chi connectivity index (χ0) is 10.6. The van der Waals surface area contributed by atoms with Crippen LogP contribution in [0.4, 0.5) is 0 Å². The van der Waals surface area contributed by atoms with Gasteiger partial charge < -0.3 is 0 Å². The molecule has 0 saturated heterocycles. The number of halogens is 1. The van der Waals surface area contributed by atoms with Crippen LogP contribution in [-0.2, 0) is 0 Å². The van der Waals surface area contributed by atoms with E-state index in [1.807, 2.05) is 0 Å². The van der Waals surface area contributed by atoms with Crippen molar-refractivity contribution in [2.24, 2.45) is 0 Å². The van der Waals surface area contributed by atoms with Crippen molar-refractivity contribution in [3.8, 4) is 0 Å². The normalized spacial score (nSPS) is 12.7. The minimum absolute atomic E-state index is 0.584. The van der Waals surface area contributed by atoms with Crippen LogP contribution in [0.3, 0.4) is 0 Å². The molecule has 13 heavy (non-hydrogen) atoms. The fourth-order valence-electron chi connectivity index (χ4n) is 1.22. The molecule has 0 rings (SSSR count). The Morgan fingerprint density at radius 2 is 1.62 bits per heavy atom. The van der Waals surface area contributed by atoms with Crippen molar-refractivity contribution in [2.75, 3.05) is 11.0 Å². The van der Waals surface area contributed by atoms with Crippen molar-refractivity contribution in [3.63, 3.8) is 0 Å². The average Bonchev–Trinajstić information content (AvgIpc) is 2.15. The van der Waals surface area contributed by atoms with Gasteiger partial charge in [0.25, 0.3) is 0 Å². The first-order chi connectivity index (χ1) is 6.77. The summed E-state index contributed by atoms with van der Waals surface area (Å²) in [6.07, 6.45) is 8.69. The van der Waals surface area contributed by atoms with Crippen LogP contribution < -0.4 is 0 Å². The van der Waals surface area contributed by atoms with Crippen molar-refractivity contribution < 1.29 is 5.11 Å². The summed E-state index contributed by atoms with van der Waals surface area (Å²) in [6.45, 7) is 0.584. The van der Waals surface area contributed by atoms with E-state index in [-0.39, 0.29) is 0 Å². The van der Waals surface area contributed by atoms with Crippen molar-refractivity contribution >= 4 is 33.7 Å². The van der Waals surface area contributed by atoms with E-state index >= 15 is 0 Å². The van der Waals surface area contributed by atoms with Crippen LogP contribution in [-0.4, -0.2) is 23.3 Å². The number of alkyl halides is 1. The standard InChI is InChI=1S/C9H20BIOS/c10-11(13)8-6-4-2-1-3-5-7-9-12/h12-13H,1-9H2/i12T. The quantitative estimate of drug-likeness (QED) is 0.209. The van der Waals surface area contributed by atoms with Crippen LogP contribution in [0.25, 0.3) is 0 Å². The SMILES string of the molecule is [3H]OCCCCCCCCCI([B])S. The molecule has 0 unspecified atom stereocenters. The van der Waals surface area contributed by atoms with Gasteiger partial charge in [-0.2, -0.15) is 0 Å². The molecule has 0 aliphatic rings. The number of unbranched alkanes of at least 4 members (excludes halogenated alkanes) is 6. The number of rotatable bonds is 10. The van der Waals surface area contributed by atoms with Crippen molar-refractivity contribution in [1.82, 2.24) is 0 Å². The Hall–Kier alpha value is 1.10. The van der Waals surface area contributed by atoms with E-state index in [9.17, 15) is 0 Å². The van der Waals surface area contributed by atoms with E-state index in [1.54, 1.807) is 0 Å². The molecular formula is C9H20BIOS. The fourth-order valence-corrected chi connectivity index (χ4v) is 3.34. The maximum absolute atomic E-state index is 6.50. The molecule has 0 heterocycles. The number of hydrogen-bond acceptors (Lipinski definition) is 2. The third-order valence-corrected chi connectivity index (χ3v) is 4.97. The Kier molecular flexibility index (Phi) is 10.5. The van der Waals surface area contributed by atoms with E-state index < -0.39 is 18.2 Å². The molecular weight excluding hydrogens is 294 g/mol. The van der Waals surface area contributed by atoms with E-state index in [4.69, 9.17) is 7.13 Å². The number of thiol groups is 1. The van der Waals surface area contributed by atoms with Crippen LogP contribution in [0, 0.1) is 0 Å². The molecule has 1 N–H and O–H groups in total. The molecule has 0 amide bonds. The maximum atomic E-state index is 6.50. The van der Waals surface area contributed by atoms with Gasteiger partial charge in [0, 0.05) is 0 Å². The van der Waals surface area contributed by atoms with Crippen LogP contribution in [0.15, 0.2) is 0 Å².